The highest BCUT2D eigenvalue weighted by molar-refractivity contribution is 5.01. The molecule has 0 radical (unpaired) electrons. The van der Waals surface area contributed by atoms with Gasteiger partial charge in [-0.25, -0.2) is 0 Å². The Bertz CT molecular complexity index is 358. The van der Waals surface area contributed by atoms with Gasteiger partial charge in [-0.1, -0.05) is 34.6 Å². The summed E-state index contributed by atoms with van der Waals surface area (Å²) in [6.45, 7) is 14.1. The fourth-order valence-corrected chi connectivity index (χ4v) is 3.92. The second kappa shape index (κ2) is 5.09. The Hall–Kier alpha value is -0.550. The van der Waals surface area contributed by atoms with Gasteiger partial charge in [0, 0.05) is 12.6 Å². The molecule has 0 amide bonds. The van der Waals surface area contributed by atoms with Crippen LogP contribution in [0, 0.1) is 34.0 Å². The summed E-state index contributed by atoms with van der Waals surface area (Å²) in [4.78, 5) is 2.62. The summed E-state index contributed by atoms with van der Waals surface area (Å²) < 4.78 is 0. The zero-order valence-electron chi connectivity index (χ0n) is 13.4. The molecule has 1 saturated carbocycles. The van der Waals surface area contributed by atoms with Crippen molar-refractivity contribution in [2.75, 3.05) is 13.1 Å². The van der Waals surface area contributed by atoms with E-state index in [0.29, 0.717) is 16.9 Å². The Morgan fingerprint density at radius 1 is 1.21 bits per heavy atom. The first-order chi connectivity index (χ1) is 8.73. The van der Waals surface area contributed by atoms with Crippen LogP contribution in [-0.4, -0.2) is 24.0 Å². The molecule has 1 aliphatic carbocycles. The lowest BCUT2D eigenvalue weighted by Gasteiger charge is -2.43. The maximum Gasteiger partial charge on any atom is 0.0672 e. The number of nitrogens with zero attached hydrogens (tertiary/aromatic N) is 2. The van der Waals surface area contributed by atoms with Crippen LogP contribution in [-0.2, 0) is 0 Å². The number of rotatable bonds is 1. The van der Waals surface area contributed by atoms with Crippen molar-refractivity contribution in [2.45, 2.75) is 66.3 Å². The molecule has 2 aliphatic rings. The van der Waals surface area contributed by atoms with E-state index in [-0.39, 0.29) is 5.92 Å². The van der Waals surface area contributed by atoms with Crippen LogP contribution in [0.25, 0.3) is 0 Å². The van der Waals surface area contributed by atoms with Gasteiger partial charge in [-0.2, -0.15) is 5.26 Å². The molecule has 0 spiro atoms. The summed E-state index contributed by atoms with van der Waals surface area (Å²) in [7, 11) is 0. The fourth-order valence-electron chi connectivity index (χ4n) is 3.92. The Kier molecular flexibility index (Phi) is 3.98. The third kappa shape index (κ3) is 3.31. The van der Waals surface area contributed by atoms with Crippen molar-refractivity contribution in [3.05, 3.63) is 0 Å². The van der Waals surface area contributed by atoms with E-state index in [0.717, 1.165) is 12.3 Å². The van der Waals surface area contributed by atoms with Crippen LogP contribution in [0.2, 0.25) is 0 Å². The molecule has 0 bridgehead atoms. The molecule has 19 heavy (non-hydrogen) atoms. The van der Waals surface area contributed by atoms with Gasteiger partial charge in [0.25, 0.3) is 0 Å². The van der Waals surface area contributed by atoms with Crippen molar-refractivity contribution >= 4 is 0 Å². The minimum absolute atomic E-state index is 0.257. The van der Waals surface area contributed by atoms with Crippen LogP contribution >= 0.6 is 0 Å². The Labute approximate surface area is 119 Å². The van der Waals surface area contributed by atoms with Crippen LogP contribution < -0.4 is 0 Å². The van der Waals surface area contributed by atoms with Gasteiger partial charge in [0.05, 0.1) is 12.0 Å². The van der Waals surface area contributed by atoms with Gasteiger partial charge in [0.1, 0.15) is 0 Å². The Morgan fingerprint density at radius 2 is 1.89 bits per heavy atom. The fraction of sp³-hybridized carbons (Fsp3) is 0.941. The summed E-state index contributed by atoms with van der Waals surface area (Å²) in [5.41, 5.74) is 0.822. The second-order valence-corrected chi connectivity index (χ2v) is 8.56. The van der Waals surface area contributed by atoms with Crippen LogP contribution in [0.3, 0.4) is 0 Å². The van der Waals surface area contributed by atoms with Crippen molar-refractivity contribution in [1.29, 1.82) is 5.26 Å². The quantitative estimate of drug-likeness (QED) is 0.712. The van der Waals surface area contributed by atoms with Gasteiger partial charge in [-0.05, 0) is 49.0 Å². The Morgan fingerprint density at radius 3 is 2.37 bits per heavy atom. The normalized spacial score (nSPS) is 36.1. The molecular formula is C17H30N2. The molecule has 2 fully saturated rings. The smallest absolute Gasteiger partial charge is 0.0672 e. The summed E-state index contributed by atoms with van der Waals surface area (Å²) >= 11 is 0. The van der Waals surface area contributed by atoms with E-state index < -0.39 is 0 Å². The lowest BCUT2D eigenvalue weighted by atomic mass is 9.68. The topological polar surface area (TPSA) is 27.0 Å². The van der Waals surface area contributed by atoms with E-state index in [1.807, 2.05) is 0 Å². The lowest BCUT2D eigenvalue weighted by Crippen LogP contribution is -2.45. The van der Waals surface area contributed by atoms with Crippen molar-refractivity contribution in [1.82, 2.24) is 4.90 Å². The third-order valence-electron chi connectivity index (χ3n) is 5.38. The molecule has 1 saturated heterocycles. The highest BCUT2D eigenvalue weighted by Gasteiger charge is 2.42. The second-order valence-electron chi connectivity index (χ2n) is 8.56. The molecular weight excluding hydrogens is 232 g/mol. The summed E-state index contributed by atoms with van der Waals surface area (Å²) in [5.74, 6) is 1.03. The molecule has 3 atom stereocenters. The van der Waals surface area contributed by atoms with E-state index in [9.17, 15) is 5.26 Å². The molecule has 2 heteroatoms. The van der Waals surface area contributed by atoms with E-state index >= 15 is 0 Å². The standard InChI is InChI=1S/C17H30N2/c1-16(2,3)14-7-6-13(11-18)15(10-14)19-9-8-17(4,5)12-19/h13-15H,6-10,12H2,1-5H3. The molecule has 2 nitrogen and oxygen atoms in total. The molecule has 1 heterocycles. The first-order valence-corrected chi connectivity index (χ1v) is 7.87. The van der Waals surface area contributed by atoms with Crippen LogP contribution in [0.1, 0.15) is 60.3 Å². The average molecular weight is 262 g/mol. The van der Waals surface area contributed by atoms with Crippen LogP contribution in [0.15, 0.2) is 0 Å². The summed E-state index contributed by atoms with van der Waals surface area (Å²) in [5, 5.41) is 9.46. The molecule has 108 valence electrons. The Balaban J connectivity index is 2.09. The van der Waals surface area contributed by atoms with Gasteiger partial charge < -0.3 is 0 Å². The van der Waals surface area contributed by atoms with E-state index in [1.165, 1.54) is 32.4 Å². The van der Waals surface area contributed by atoms with Crippen molar-refractivity contribution in [3.63, 3.8) is 0 Å². The number of hydrogen-bond donors (Lipinski definition) is 0. The minimum atomic E-state index is 0.257. The van der Waals surface area contributed by atoms with Crippen LogP contribution in [0.4, 0.5) is 0 Å². The molecule has 0 aromatic carbocycles. The molecule has 0 aromatic heterocycles. The zero-order chi connectivity index (χ0) is 14.3. The van der Waals surface area contributed by atoms with Gasteiger partial charge in [0.2, 0.25) is 0 Å². The molecule has 3 unspecified atom stereocenters. The third-order valence-corrected chi connectivity index (χ3v) is 5.38. The van der Waals surface area contributed by atoms with Gasteiger partial charge in [-0.3, -0.25) is 4.90 Å². The summed E-state index contributed by atoms with van der Waals surface area (Å²) in [6, 6.07) is 3.09. The molecule has 0 aromatic rings. The average Bonchev–Trinajstić information content (AvgIpc) is 2.67. The van der Waals surface area contributed by atoms with Gasteiger partial charge >= 0.3 is 0 Å². The zero-order valence-corrected chi connectivity index (χ0v) is 13.4. The maximum absolute atomic E-state index is 9.46. The van der Waals surface area contributed by atoms with Crippen molar-refractivity contribution in [2.24, 2.45) is 22.7 Å². The number of hydrogen-bond acceptors (Lipinski definition) is 2. The highest BCUT2D eigenvalue weighted by Crippen LogP contribution is 2.43. The van der Waals surface area contributed by atoms with Crippen molar-refractivity contribution < 1.29 is 0 Å². The SMILES string of the molecule is CC1(C)CCN(C2CC(C(C)(C)C)CCC2C#N)C1. The largest absolute Gasteiger partial charge is 0.299 e. The number of likely N-dealkylation sites (tertiary alicyclic amines) is 1. The van der Waals surface area contributed by atoms with Gasteiger partial charge in [-0.15, -0.1) is 0 Å². The van der Waals surface area contributed by atoms with Crippen molar-refractivity contribution in [3.8, 4) is 6.07 Å². The van der Waals surface area contributed by atoms with E-state index in [4.69, 9.17) is 0 Å². The van der Waals surface area contributed by atoms with E-state index in [2.05, 4.69) is 45.6 Å². The predicted octanol–water partition coefficient (Wildman–Crippen LogP) is 4.07. The first-order valence-electron chi connectivity index (χ1n) is 7.87. The maximum atomic E-state index is 9.46. The number of nitriles is 1. The first kappa shape index (κ1) is 14.9. The lowest BCUT2D eigenvalue weighted by molar-refractivity contribution is 0.0688. The van der Waals surface area contributed by atoms with Gasteiger partial charge in [0.15, 0.2) is 0 Å². The monoisotopic (exact) mass is 262 g/mol. The predicted molar refractivity (Wildman–Crippen MR) is 79.7 cm³/mol. The molecule has 2 rings (SSSR count). The highest BCUT2D eigenvalue weighted by atomic mass is 15.2. The van der Waals surface area contributed by atoms with Crippen LogP contribution in [0.5, 0.6) is 0 Å². The minimum Gasteiger partial charge on any atom is -0.299 e. The summed E-state index contributed by atoms with van der Waals surface area (Å²) in [6.07, 6.45) is 4.83. The van der Waals surface area contributed by atoms with E-state index in [1.54, 1.807) is 0 Å². The molecule has 1 aliphatic heterocycles. The molecule has 0 N–H and O–H groups in total.